The average Bonchev–Trinajstić information content (AvgIpc) is 3.17. The van der Waals surface area contributed by atoms with Gasteiger partial charge < -0.3 is 14.6 Å². The normalized spacial score (nSPS) is 10.9. The molecule has 0 unspecified atom stereocenters. The van der Waals surface area contributed by atoms with Crippen molar-refractivity contribution >= 4 is 45.0 Å². The van der Waals surface area contributed by atoms with Gasteiger partial charge in [-0.3, -0.25) is 9.59 Å². The molecule has 0 aliphatic carbocycles. The van der Waals surface area contributed by atoms with Gasteiger partial charge in [-0.1, -0.05) is 35.9 Å². The Labute approximate surface area is 204 Å². The van der Waals surface area contributed by atoms with E-state index in [1.165, 1.54) is 7.11 Å². The number of aromatic nitrogens is 3. The topological polar surface area (TPSA) is 102 Å². The fraction of sp³-hybridized carbons (Fsp3) is 0.0769. The quantitative estimate of drug-likeness (QED) is 0.400. The van der Waals surface area contributed by atoms with Crippen molar-refractivity contribution in [1.82, 2.24) is 14.3 Å². The summed E-state index contributed by atoms with van der Waals surface area (Å²) in [6.45, 7) is 0. The highest BCUT2D eigenvalue weighted by molar-refractivity contribution is 6.32. The van der Waals surface area contributed by atoms with Crippen LogP contribution in [0.3, 0.4) is 0 Å². The number of nitriles is 1. The molecule has 0 saturated heterocycles. The molecule has 172 valence electrons. The minimum atomic E-state index is -0.519. The molecule has 3 aromatic carbocycles. The van der Waals surface area contributed by atoms with Gasteiger partial charge in [0.15, 0.2) is 5.69 Å². The van der Waals surface area contributed by atoms with Gasteiger partial charge in [0.25, 0.3) is 11.5 Å². The number of methoxy groups -OCH3 is 1. The molecular weight excluding hydrogens is 466 g/mol. The molecule has 2 aromatic heterocycles. The maximum atomic E-state index is 13.6. The van der Waals surface area contributed by atoms with Crippen molar-refractivity contribution in [3.05, 3.63) is 93.4 Å². The number of para-hydroxylation sites is 1. The van der Waals surface area contributed by atoms with Crippen molar-refractivity contribution < 1.29 is 9.53 Å². The summed E-state index contributed by atoms with van der Waals surface area (Å²) in [5.41, 5.74) is 2.00. The van der Waals surface area contributed by atoms with Crippen LogP contribution in [0.15, 0.2) is 71.5 Å². The largest absolute Gasteiger partial charge is 0.495 e. The van der Waals surface area contributed by atoms with Gasteiger partial charge >= 0.3 is 0 Å². The Kier molecular flexibility index (Phi) is 5.47. The molecule has 0 aliphatic heterocycles. The molecule has 0 saturated carbocycles. The second-order valence-corrected chi connectivity index (χ2v) is 8.24. The summed E-state index contributed by atoms with van der Waals surface area (Å²) in [6.07, 6.45) is 0. The van der Waals surface area contributed by atoms with Crippen LogP contribution in [0.4, 0.5) is 5.69 Å². The molecule has 1 N–H and O–H groups in total. The van der Waals surface area contributed by atoms with Gasteiger partial charge in [-0.25, -0.2) is 0 Å². The zero-order chi connectivity index (χ0) is 24.7. The molecule has 35 heavy (non-hydrogen) atoms. The lowest BCUT2D eigenvalue weighted by Crippen LogP contribution is -2.27. The number of nitrogens with one attached hydrogen (secondary N) is 1. The van der Waals surface area contributed by atoms with Crippen LogP contribution in [0, 0.1) is 11.3 Å². The number of ether oxygens (including phenoxy) is 1. The number of rotatable bonds is 4. The van der Waals surface area contributed by atoms with Crippen LogP contribution in [0.2, 0.25) is 5.02 Å². The highest BCUT2D eigenvalue weighted by atomic mass is 35.5. The summed E-state index contributed by atoms with van der Waals surface area (Å²) in [6, 6.07) is 20.9. The standard InChI is InChI=1S/C26H18ClN5O3/c1-31-20-9-4-3-8-18(20)22-23(25(33)29-16-7-5-6-15(12-16)14-28)30-32(26(34)24(22)31)17-10-11-21(35-2)19(27)13-17/h3-13H,1-2H3,(H,29,33). The highest BCUT2D eigenvalue weighted by Crippen LogP contribution is 2.30. The summed E-state index contributed by atoms with van der Waals surface area (Å²) < 4.78 is 8.12. The van der Waals surface area contributed by atoms with Crippen molar-refractivity contribution in [2.45, 2.75) is 0 Å². The van der Waals surface area contributed by atoms with Crippen LogP contribution in [-0.2, 0) is 7.05 Å². The van der Waals surface area contributed by atoms with Gasteiger partial charge in [0, 0.05) is 29.0 Å². The fourth-order valence-corrected chi connectivity index (χ4v) is 4.41. The molecule has 5 rings (SSSR count). The second-order valence-electron chi connectivity index (χ2n) is 7.83. The van der Waals surface area contributed by atoms with E-state index in [2.05, 4.69) is 16.5 Å². The van der Waals surface area contributed by atoms with Crippen molar-refractivity contribution in [1.29, 1.82) is 5.26 Å². The molecule has 0 aliphatic rings. The Bertz CT molecular complexity index is 1750. The van der Waals surface area contributed by atoms with E-state index < -0.39 is 11.5 Å². The van der Waals surface area contributed by atoms with Gasteiger partial charge in [0.05, 0.1) is 29.5 Å². The highest BCUT2D eigenvalue weighted by Gasteiger charge is 2.24. The third-order valence-electron chi connectivity index (χ3n) is 5.78. The molecule has 0 spiro atoms. The maximum Gasteiger partial charge on any atom is 0.296 e. The first-order valence-corrected chi connectivity index (χ1v) is 11.0. The molecular formula is C26H18ClN5O3. The number of fused-ring (bicyclic) bond motifs is 3. The molecule has 0 atom stereocenters. The molecule has 0 bridgehead atoms. The minimum absolute atomic E-state index is 0.0608. The molecule has 2 heterocycles. The molecule has 0 fully saturated rings. The number of benzene rings is 3. The van der Waals surface area contributed by atoms with Gasteiger partial charge in [-0.2, -0.15) is 15.0 Å². The fourth-order valence-electron chi connectivity index (χ4n) is 4.16. The molecule has 5 aromatic rings. The van der Waals surface area contributed by atoms with Gasteiger partial charge in [-0.15, -0.1) is 0 Å². The Balaban J connectivity index is 1.78. The van der Waals surface area contributed by atoms with Gasteiger partial charge in [0.2, 0.25) is 0 Å². The zero-order valence-corrected chi connectivity index (χ0v) is 19.5. The number of aryl methyl sites for hydroxylation is 1. The SMILES string of the molecule is COc1ccc(-n2nc(C(=O)Nc3cccc(C#N)c3)c3c4ccccc4n(C)c3c2=O)cc1Cl. The molecule has 1 amide bonds. The summed E-state index contributed by atoms with van der Waals surface area (Å²) in [5, 5.41) is 18.0. The first kappa shape index (κ1) is 22.2. The van der Waals surface area contributed by atoms with Gasteiger partial charge in [0.1, 0.15) is 11.3 Å². The number of carbonyl (C=O) groups excluding carboxylic acids is 1. The van der Waals surface area contributed by atoms with Crippen molar-refractivity contribution in [3.8, 4) is 17.5 Å². The zero-order valence-electron chi connectivity index (χ0n) is 18.7. The minimum Gasteiger partial charge on any atom is -0.495 e. The number of nitrogens with zero attached hydrogens (tertiary/aromatic N) is 4. The van der Waals surface area contributed by atoms with E-state index >= 15 is 0 Å². The Morgan fingerprint density at radius 3 is 2.66 bits per heavy atom. The molecule has 8 nitrogen and oxygen atoms in total. The van der Waals surface area contributed by atoms with E-state index in [-0.39, 0.29) is 5.69 Å². The lowest BCUT2D eigenvalue weighted by molar-refractivity contribution is 0.102. The number of carbonyl (C=O) groups is 1. The number of halogens is 1. The number of amides is 1. The van der Waals surface area contributed by atoms with Crippen LogP contribution in [0.25, 0.3) is 27.5 Å². The third kappa shape index (κ3) is 3.68. The number of anilines is 1. The Morgan fingerprint density at radius 2 is 1.91 bits per heavy atom. The van der Waals surface area contributed by atoms with Crippen molar-refractivity contribution in [3.63, 3.8) is 0 Å². The predicted octanol–water partition coefficient (Wildman–Crippen LogP) is 4.66. The van der Waals surface area contributed by atoms with E-state index in [1.54, 1.807) is 54.1 Å². The van der Waals surface area contributed by atoms with Crippen LogP contribution in [0.1, 0.15) is 16.1 Å². The Morgan fingerprint density at radius 1 is 1.11 bits per heavy atom. The van der Waals surface area contributed by atoms with E-state index in [1.807, 2.05) is 24.3 Å². The monoisotopic (exact) mass is 483 g/mol. The third-order valence-corrected chi connectivity index (χ3v) is 6.08. The second kappa shape index (κ2) is 8.63. The summed E-state index contributed by atoms with van der Waals surface area (Å²) in [7, 11) is 3.27. The van der Waals surface area contributed by atoms with Gasteiger partial charge in [-0.05, 0) is 42.5 Å². The lowest BCUT2D eigenvalue weighted by Gasteiger charge is -2.12. The summed E-state index contributed by atoms with van der Waals surface area (Å²) >= 11 is 6.30. The predicted molar refractivity (Wildman–Crippen MR) is 134 cm³/mol. The summed E-state index contributed by atoms with van der Waals surface area (Å²) in [4.78, 5) is 27.2. The van der Waals surface area contributed by atoms with Crippen LogP contribution < -0.4 is 15.6 Å². The number of hydrogen-bond donors (Lipinski definition) is 1. The van der Waals surface area contributed by atoms with Crippen LogP contribution in [0.5, 0.6) is 5.75 Å². The van der Waals surface area contributed by atoms with E-state index in [0.29, 0.717) is 38.6 Å². The number of hydrogen-bond acceptors (Lipinski definition) is 5. The van der Waals surface area contributed by atoms with Crippen LogP contribution in [-0.4, -0.2) is 27.4 Å². The maximum absolute atomic E-state index is 13.6. The van der Waals surface area contributed by atoms with E-state index in [9.17, 15) is 14.9 Å². The first-order valence-electron chi connectivity index (χ1n) is 10.6. The van der Waals surface area contributed by atoms with Crippen molar-refractivity contribution in [2.24, 2.45) is 7.05 Å². The van der Waals surface area contributed by atoms with Crippen molar-refractivity contribution in [2.75, 3.05) is 12.4 Å². The van der Waals surface area contributed by atoms with Crippen LogP contribution >= 0.6 is 11.6 Å². The molecule has 0 radical (unpaired) electrons. The Hall–Kier alpha value is -4.61. The lowest BCUT2D eigenvalue weighted by atomic mass is 10.1. The van der Waals surface area contributed by atoms with E-state index in [4.69, 9.17) is 16.3 Å². The first-order chi connectivity index (χ1) is 16.9. The molecule has 9 heteroatoms. The smallest absolute Gasteiger partial charge is 0.296 e. The van der Waals surface area contributed by atoms with E-state index in [0.717, 1.165) is 15.6 Å². The summed E-state index contributed by atoms with van der Waals surface area (Å²) in [5.74, 6) is -0.0701. The average molecular weight is 484 g/mol.